The van der Waals surface area contributed by atoms with Crippen LogP contribution in [-0.4, -0.2) is 5.78 Å². The van der Waals surface area contributed by atoms with E-state index in [0.717, 1.165) is 32.1 Å². The highest BCUT2D eigenvalue weighted by molar-refractivity contribution is 5.78. The molecule has 1 aromatic rings. The van der Waals surface area contributed by atoms with Crippen LogP contribution in [0.2, 0.25) is 0 Å². The minimum absolute atomic E-state index is 0.206. The first-order valence-corrected chi connectivity index (χ1v) is 8.23. The van der Waals surface area contributed by atoms with Crippen LogP contribution in [0, 0.1) is 5.92 Å². The highest BCUT2D eigenvalue weighted by Crippen LogP contribution is 2.21. The number of ketones is 1. The van der Waals surface area contributed by atoms with Crippen molar-refractivity contribution < 1.29 is 4.79 Å². The molecule has 1 rings (SSSR count). The summed E-state index contributed by atoms with van der Waals surface area (Å²) in [5.41, 5.74) is 4.24. The Morgan fingerprint density at radius 3 is 2.40 bits per heavy atom. The maximum absolute atomic E-state index is 11.8. The van der Waals surface area contributed by atoms with E-state index in [1.165, 1.54) is 29.5 Å². The number of carbonyl (C=O) groups is 1. The fourth-order valence-corrected chi connectivity index (χ4v) is 2.82. The fraction of sp³-hybridized carbons (Fsp3) is 0.632. The molecular formula is C19H30O. The molecule has 0 aromatic heterocycles. The summed E-state index contributed by atoms with van der Waals surface area (Å²) in [7, 11) is 0. The molecule has 0 spiro atoms. The first kappa shape index (κ1) is 16.9. The van der Waals surface area contributed by atoms with Crippen molar-refractivity contribution in [3.8, 4) is 0 Å². The van der Waals surface area contributed by atoms with Gasteiger partial charge in [-0.2, -0.15) is 0 Å². The lowest BCUT2D eigenvalue weighted by atomic mass is 9.87. The van der Waals surface area contributed by atoms with Gasteiger partial charge >= 0.3 is 0 Å². The van der Waals surface area contributed by atoms with Crippen molar-refractivity contribution in [3.63, 3.8) is 0 Å². The molecule has 20 heavy (non-hydrogen) atoms. The Bertz CT molecular complexity index is 420. The standard InChI is InChI=1S/C19H30O/c1-5-8-10-18(15(4)20)14-19-12-11-16(9-6-2)13-17(19)7-3/h11-13,18H,5-10,14H2,1-4H3. The van der Waals surface area contributed by atoms with Crippen LogP contribution in [0.25, 0.3) is 0 Å². The van der Waals surface area contributed by atoms with Crippen LogP contribution in [0.1, 0.15) is 70.1 Å². The number of aryl methyl sites for hydroxylation is 2. The zero-order valence-electron chi connectivity index (χ0n) is 13.7. The molecule has 0 bridgehead atoms. The Kier molecular flexibility index (Phi) is 7.58. The van der Waals surface area contributed by atoms with Gasteiger partial charge in [0.15, 0.2) is 0 Å². The molecule has 0 fully saturated rings. The lowest BCUT2D eigenvalue weighted by Crippen LogP contribution is -2.15. The van der Waals surface area contributed by atoms with E-state index >= 15 is 0 Å². The normalized spacial score (nSPS) is 12.4. The van der Waals surface area contributed by atoms with Gasteiger partial charge in [0, 0.05) is 5.92 Å². The summed E-state index contributed by atoms with van der Waals surface area (Å²) in [6, 6.07) is 6.84. The van der Waals surface area contributed by atoms with Gasteiger partial charge < -0.3 is 0 Å². The molecule has 0 amide bonds. The predicted octanol–water partition coefficient (Wildman–Crippen LogP) is 5.14. The number of unbranched alkanes of at least 4 members (excludes halogenated alkanes) is 1. The van der Waals surface area contributed by atoms with Gasteiger partial charge in [0.2, 0.25) is 0 Å². The Balaban J connectivity index is 2.85. The van der Waals surface area contributed by atoms with Crippen LogP contribution < -0.4 is 0 Å². The number of rotatable bonds is 9. The topological polar surface area (TPSA) is 17.1 Å². The molecule has 0 aliphatic heterocycles. The van der Waals surface area contributed by atoms with Gasteiger partial charge in [0.05, 0.1) is 0 Å². The Labute approximate surface area is 124 Å². The molecule has 0 aliphatic rings. The van der Waals surface area contributed by atoms with Gasteiger partial charge in [-0.25, -0.2) is 0 Å². The number of hydrogen-bond donors (Lipinski definition) is 0. The maximum Gasteiger partial charge on any atom is 0.133 e. The summed E-state index contributed by atoms with van der Waals surface area (Å²) in [5, 5.41) is 0. The van der Waals surface area contributed by atoms with E-state index in [1.54, 1.807) is 6.92 Å². The molecular weight excluding hydrogens is 244 g/mol. The van der Waals surface area contributed by atoms with Crippen molar-refractivity contribution in [2.75, 3.05) is 0 Å². The second kappa shape index (κ2) is 8.94. The Morgan fingerprint density at radius 2 is 1.85 bits per heavy atom. The molecule has 1 aromatic carbocycles. The first-order valence-electron chi connectivity index (χ1n) is 8.23. The van der Waals surface area contributed by atoms with Crippen molar-refractivity contribution in [3.05, 3.63) is 34.9 Å². The molecule has 1 atom stereocenters. The zero-order chi connectivity index (χ0) is 15.0. The molecule has 0 saturated carbocycles. The molecule has 1 unspecified atom stereocenters. The van der Waals surface area contributed by atoms with E-state index in [-0.39, 0.29) is 5.92 Å². The van der Waals surface area contributed by atoms with Crippen LogP contribution in [0.3, 0.4) is 0 Å². The molecule has 0 saturated heterocycles. The van der Waals surface area contributed by atoms with Crippen molar-refractivity contribution in [1.82, 2.24) is 0 Å². The number of hydrogen-bond acceptors (Lipinski definition) is 1. The van der Waals surface area contributed by atoms with Crippen LogP contribution in [-0.2, 0) is 24.1 Å². The molecule has 1 nitrogen and oxygen atoms in total. The third kappa shape index (κ3) is 5.11. The van der Waals surface area contributed by atoms with Crippen LogP contribution in [0.5, 0.6) is 0 Å². The average Bonchev–Trinajstić information content (AvgIpc) is 2.44. The van der Waals surface area contributed by atoms with Crippen LogP contribution >= 0.6 is 0 Å². The SMILES string of the molecule is CCCCC(Cc1ccc(CCC)cc1CC)C(C)=O. The highest BCUT2D eigenvalue weighted by atomic mass is 16.1. The molecule has 1 heteroatoms. The maximum atomic E-state index is 11.8. The molecule has 112 valence electrons. The number of benzene rings is 1. The summed E-state index contributed by atoms with van der Waals surface area (Å²) >= 11 is 0. The lowest BCUT2D eigenvalue weighted by Gasteiger charge is -2.16. The third-order valence-corrected chi connectivity index (χ3v) is 4.14. The Hall–Kier alpha value is -1.11. The van der Waals surface area contributed by atoms with Gasteiger partial charge in [0.1, 0.15) is 5.78 Å². The van der Waals surface area contributed by atoms with E-state index in [2.05, 4.69) is 39.0 Å². The number of Topliss-reactive ketones (excluding diaryl/α,β-unsaturated/α-hetero) is 1. The largest absolute Gasteiger partial charge is 0.300 e. The Morgan fingerprint density at radius 1 is 1.10 bits per heavy atom. The monoisotopic (exact) mass is 274 g/mol. The summed E-state index contributed by atoms with van der Waals surface area (Å²) in [6.45, 7) is 8.37. The molecule has 0 N–H and O–H groups in total. The minimum atomic E-state index is 0.206. The third-order valence-electron chi connectivity index (χ3n) is 4.14. The summed E-state index contributed by atoms with van der Waals surface area (Å²) in [5.74, 6) is 0.551. The van der Waals surface area contributed by atoms with Crippen molar-refractivity contribution in [2.45, 2.75) is 72.6 Å². The average molecular weight is 274 g/mol. The van der Waals surface area contributed by atoms with E-state index in [1.807, 2.05) is 0 Å². The van der Waals surface area contributed by atoms with Gasteiger partial charge in [-0.1, -0.05) is 58.2 Å². The van der Waals surface area contributed by atoms with Gasteiger partial charge in [-0.3, -0.25) is 4.79 Å². The summed E-state index contributed by atoms with van der Waals surface area (Å²) < 4.78 is 0. The van der Waals surface area contributed by atoms with Gasteiger partial charge in [-0.05, 0) is 49.3 Å². The van der Waals surface area contributed by atoms with E-state index in [4.69, 9.17) is 0 Å². The van der Waals surface area contributed by atoms with Gasteiger partial charge in [-0.15, -0.1) is 0 Å². The predicted molar refractivity (Wildman–Crippen MR) is 87.2 cm³/mol. The quantitative estimate of drug-likeness (QED) is 0.609. The smallest absolute Gasteiger partial charge is 0.133 e. The molecule has 0 aliphatic carbocycles. The highest BCUT2D eigenvalue weighted by Gasteiger charge is 2.16. The van der Waals surface area contributed by atoms with Crippen molar-refractivity contribution in [2.24, 2.45) is 5.92 Å². The van der Waals surface area contributed by atoms with E-state index in [9.17, 15) is 4.79 Å². The van der Waals surface area contributed by atoms with Crippen molar-refractivity contribution >= 4 is 5.78 Å². The summed E-state index contributed by atoms with van der Waals surface area (Å²) in [6.07, 6.45) is 7.68. The minimum Gasteiger partial charge on any atom is -0.300 e. The fourth-order valence-electron chi connectivity index (χ4n) is 2.82. The number of carbonyl (C=O) groups excluding carboxylic acids is 1. The van der Waals surface area contributed by atoms with Crippen molar-refractivity contribution in [1.29, 1.82) is 0 Å². The van der Waals surface area contributed by atoms with Crippen LogP contribution in [0.15, 0.2) is 18.2 Å². The van der Waals surface area contributed by atoms with E-state index < -0.39 is 0 Å². The molecule has 0 heterocycles. The van der Waals surface area contributed by atoms with E-state index in [0.29, 0.717) is 5.78 Å². The van der Waals surface area contributed by atoms with Crippen LogP contribution in [0.4, 0.5) is 0 Å². The lowest BCUT2D eigenvalue weighted by molar-refractivity contribution is -0.120. The second-order valence-corrected chi connectivity index (χ2v) is 5.86. The zero-order valence-corrected chi connectivity index (χ0v) is 13.7. The molecule has 0 radical (unpaired) electrons. The first-order chi connectivity index (χ1) is 9.62. The summed E-state index contributed by atoms with van der Waals surface area (Å²) in [4.78, 5) is 11.8. The second-order valence-electron chi connectivity index (χ2n) is 5.86. The van der Waals surface area contributed by atoms with Gasteiger partial charge in [0.25, 0.3) is 0 Å².